The largest absolute Gasteiger partial charge is 0.394 e. The third-order valence-electron chi connectivity index (χ3n) is 5.47. The molecule has 2 aromatic carbocycles. The number of imide groups is 1. The molecule has 1 atom stereocenters. The highest BCUT2D eigenvalue weighted by Crippen LogP contribution is 2.38. The van der Waals surface area contributed by atoms with Crippen LogP contribution in [-0.2, 0) is 16.1 Å². The highest BCUT2D eigenvalue weighted by molar-refractivity contribution is 6.50. The van der Waals surface area contributed by atoms with Crippen molar-refractivity contribution in [3.05, 3.63) is 72.1 Å². The zero-order chi connectivity index (χ0) is 20.8. The van der Waals surface area contributed by atoms with E-state index in [0.717, 1.165) is 21.8 Å². The Hall–Kier alpha value is -3.68. The molecular formula is C23H19N3O4. The van der Waals surface area contributed by atoms with Gasteiger partial charge in [-0.25, -0.2) is 0 Å². The first-order chi connectivity index (χ1) is 14.6. The van der Waals surface area contributed by atoms with Crippen LogP contribution in [0.3, 0.4) is 0 Å². The van der Waals surface area contributed by atoms with Gasteiger partial charge in [0.25, 0.3) is 11.8 Å². The molecule has 0 aliphatic carbocycles. The lowest BCUT2D eigenvalue weighted by Gasteiger charge is -2.09. The summed E-state index contributed by atoms with van der Waals surface area (Å²) in [4.78, 5) is 28.8. The van der Waals surface area contributed by atoms with Gasteiger partial charge >= 0.3 is 0 Å². The lowest BCUT2D eigenvalue weighted by molar-refractivity contribution is -0.122. The molecule has 2 aromatic heterocycles. The predicted octanol–water partition coefficient (Wildman–Crippen LogP) is 2.04. The van der Waals surface area contributed by atoms with Crippen LogP contribution in [0.5, 0.6) is 0 Å². The molecule has 1 aliphatic heterocycles. The molecule has 0 saturated carbocycles. The first-order valence-corrected chi connectivity index (χ1v) is 9.62. The molecule has 0 spiro atoms. The first kappa shape index (κ1) is 18.4. The van der Waals surface area contributed by atoms with Crippen LogP contribution in [0, 0.1) is 0 Å². The Bertz CT molecular complexity index is 1350. The van der Waals surface area contributed by atoms with Crippen LogP contribution in [0.25, 0.3) is 33.0 Å². The third-order valence-corrected chi connectivity index (χ3v) is 5.47. The van der Waals surface area contributed by atoms with Gasteiger partial charge in [0.15, 0.2) is 0 Å². The summed E-state index contributed by atoms with van der Waals surface area (Å²) in [5, 5.41) is 23.3. The highest BCUT2D eigenvalue weighted by atomic mass is 16.3. The monoisotopic (exact) mass is 401 g/mol. The van der Waals surface area contributed by atoms with Crippen molar-refractivity contribution in [3.63, 3.8) is 0 Å². The number of fused-ring (bicyclic) bond motifs is 2. The molecule has 5 rings (SSSR count). The van der Waals surface area contributed by atoms with E-state index in [0.29, 0.717) is 22.3 Å². The summed E-state index contributed by atoms with van der Waals surface area (Å²) < 4.78 is 1.79. The molecule has 0 bridgehead atoms. The number of carbonyl (C=O) groups is 2. The smallest absolute Gasteiger partial charge is 0.259 e. The molecule has 0 radical (unpaired) electrons. The van der Waals surface area contributed by atoms with Gasteiger partial charge in [0.2, 0.25) is 0 Å². The van der Waals surface area contributed by atoms with E-state index < -0.39 is 17.9 Å². The normalized spacial score (nSPS) is 15.4. The number of aliphatic hydroxyl groups is 2. The Kier molecular flexibility index (Phi) is 4.27. The van der Waals surface area contributed by atoms with Gasteiger partial charge in [-0.1, -0.05) is 36.4 Å². The van der Waals surface area contributed by atoms with Crippen molar-refractivity contribution in [2.45, 2.75) is 12.6 Å². The number of carbonyl (C=O) groups excluding carboxylic acids is 2. The van der Waals surface area contributed by atoms with Gasteiger partial charge in [-0.05, 0) is 12.1 Å². The molecule has 0 saturated heterocycles. The molecule has 4 N–H and O–H groups in total. The summed E-state index contributed by atoms with van der Waals surface area (Å²) in [6, 6.07) is 15.1. The number of benzene rings is 2. The molecule has 7 heteroatoms. The van der Waals surface area contributed by atoms with Gasteiger partial charge in [-0.2, -0.15) is 0 Å². The van der Waals surface area contributed by atoms with Gasteiger partial charge in [-0.3, -0.25) is 14.9 Å². The Morgan fingerprint density at radius 2 is 1.57 bits per heavy atom. The van der Waals surface area contributed by atoms with Gasteiger partial charge in [0.05, 0.1) is 30.4 Å². The van der Waals surface area contributed by atoms with Crippen molar-refractivity contribution < 1.29 is 19.8 Å². The van der Waals surface area contributed by atoms with Crippen LogP contribution < -0.4 is 5.32 Å². The zero-order valence-electron chi connectivity index (χ0n) is 15.9. The zero-order valence-corrected chi connectivity index (χ0v) is 15.9. The van der Waals surface area contributed by atoms with Crippen molar-refractivity contribution in [1.29, 1.82) is 0 Å². The van der Waals surface area contributed by atoms with Crippen LogP contribution in [0.2, 0.25) is 0 Å². The molecule has 4 aromatic rings. The molecular weight excluding hydrogens is 382 g/mol. The van der Waals surface area contributed by atoms with Crippen molar-refractivity contribution in [2.24, 2.45) is 0 Å². The van der Waals surface area contributed by atoms with Crippen LogP contribution in [0.4, 0.5) is 0 Å². The van der Waals surface area contributed by atoms with E-state index in [4.69, 9.17) is 0 Å². The molecule has 3 heterocycles. The molecule has 7 nitrogen and oxygen atoms in total. The van der Waals surface area contributed by atoms with Gasteiger partial charge in [-0.15, -0.1) is 0 Å². The molecule has 0 unspecified atom stereocenters. The van der Waals surface area contributed by atoms with Gasteiger partial charge in [0, 0.05) is 45.3 Å². The number of para-hydroxylation sites is 2. The molecule has 1 aliphatic rings. The standard InChI is InChI=1S/C23H19N3O4/c27-12-13(28)10-26-11-17(15-6-2-4-8-19(15)26)21-20(22(29)25-23(21)30)16-9-24-18-7-3-1-5-14(16)18/h1-9,11,13,24,27-28H,10,12H2,(H,25,29,30)/t13-/m1/s1. The van der Waals surface area contributed by atoms with E-state index >= 15 is 0 Å². The SMILES string of the molecule is O=C1NC(=O)C(c2cn(C[C@@H](O)CO)c3ccccc23)=C1c1c[nH]c2ccccc12. The summed E-state index contributed by atoms with van der Waals surface area (Å²) in [6.07, 6.45) is 2.56. The Morgan fingerprint density at radius 1 is 0.900 bits per heavy atom. The van der Waals surface area contributed by atoms with Crippen molar-refractivity contribution >= 4 is 44.8 Å². The fraction of sp³-hybridized carbons (Fsp3) is 0.130. The fourth-order valence-corrected chi connectivity index (χ4v) is 4.13. The van der Waals surface area contributed by atoms with E-state index in [1.165, 1.54) is 0 Å². The number of nitrogens with one attached hydrogen (secondary N) is 2. The van der Waals surface area contributed by atoms with E-state index in [2.05, 4.69) is 10.3 Å². The van der Waals surface area contributed by atoms with E-state index in [1.807, 2.05) is 48.5 Å². The minimum atomic E-state index is -0.935. The average molecular weight is 401 g/mol. The third kappa shape index (κ3) is 2.75. The van der Waals surface area contributed by atoms with Crippen LogP contribution in [-0.4, -0.2) is 44.3 Å². The van der Waals surface area contributed by atoms with Crippen LogP contribution in [0.1, 0.15) is 11.1 Å². The number of hydrogen-bond donors (Lipinski definition) is 4. The van der Waals surface area contributed by atoms with Crippen molar-refractivity contribution in [3.8, 4) is 0 Å². The Balaban J connectivity index is 1.78. The maximum atomic E-state index is 12.9. The first-order valence-electron chi connectivity index (χ1n) is 9.62. The van der Waals surface area contributed by atoms with Crippen molar-refractivity contribution in [2.75, 3.05) is 6.61 Å². The predicted molar refractivity (Wildman–Crippen MR) is 113 cm³/mol. The number of nitrogens with zero attached hydrogens (tertiary/aromatic N) is 1. The number of amides is 2. The van der Waals surface area contributed by atoms with E-state index in [9.17, 15) is 19.8 Å². The summed E-state index contributed by atoms with van der Waals surface area (Å²) in [5.41, 5.74) is 3.58. The lowest BCUT2D eigenvalue weighted by Crippen LogP contribution is -2.22. The van der Waals surface area contributed by atoms with Crippen LogP contribution >= 0.6 is 0 Å². The van der Waals surface area contributed by atoms with Crippen molar-refractivity contribution in [1.82, 2.24) is 14.9 Å². The molecule has 0 fully saturated rings. The van der Waals surface area contributed by atoms with E-state index in [1.54, 1.807) is 17.0 Å². The van der Waals surface area contributed by atoms with E-state index in [-0.39, 0.29) is 13.2 Å². The Morgan fingerprint density at radius 3 is 2.33 bits per heavy atom. The highest BCUT2D eigenvalue weighted by Gasteiger charge is 2.35. The topological polar surface area (TPSA) is 107 Å². The number of aromatic nitrogens is 2. The fourth-order valence-electron chi connectivity index (χ4n) is 4.13. The average Bonchev–Trinajstić information content (AvgIpc) is 3.41. The second-order valence-corrected chi connectivity index (χ2v) is 7.33. The summed E-state index contributed by atoms with van der Waals surface area (Å²) in [5.74, 6) is -0.891. The number of aromatic amines is 1. The van der Waals surface area contributed by atoms with Crippen LogP contribution in [0.15, 0.2) is 60.9 Å². The number of rotatable bonds is 5. The summed E-state index contributed by atoms with van der Waals surface area (Å²) in [7, 11) is 0. The van der Waals surface area contributed by atoms with Gasteiger partial charge in [0.1, 0.15) is 0 Å². The second kappa shape index (κ2) is 6.98. The lowest BCUT2D eigenvalue weighted by atomic mass is 9.95. The number of H-pyrrole nitrogens is 1. The minimum Gasteiger partial charge on any atom is -0.394 e. The number of hydrogen-bond acceptors (Lipinski definition) is 4. The minimum absolute atomic E-state index is 0.169. The second-order valence-electron chi connectivity index (χ2n) is 7.33. The Labute approximate surface area is 171 Å². The molecule has 2 amide bonds. The quantitative estimate of drug-likeness (QED) is 0.384. The maximum Gasteiger partial charge on any atom is 0.259 e. The number of aliphatic hydroxyl groups excluding tert-OH is 2. The molecule has 30 heavy (non-hydrogen) atoms. The molecule has 150 valence electrons. The summed E-state index contributed by atoms with van der Waals surface area (Å²) in [6.45, 7) is -0.202. The summed E-state index contributed by atoms with van der Waals surface area (Å²) >= 11 is 0. The maximum absolute atomic E-state index is 12.9. The van der Waals surface area contributed by atoms with Gasteiger partial charge < -0.3 is 19.8 Å².